The minimum Gasteiger partial charge on any atom is -0.329 e. The molecule has 0 aliphatic heterocycles. The fourth-order valence-electron chi connectivity index (χ4n) is 1.87. The van der Waals surface area contributed by atoms with Gasteiger partial charge in [0.1, 0.15) is 0 Å². The van der Waals surface area contributed by atoms with Crippen LogP contribution >= 0.6 is 0 Å². The molecule has 96 valence electrons. The van der Waals surface area contributed by atoms with Gasteiger partial charge in [-0.15, -0.1) is 0 Å². The van der Waals surface area contributed by atoms with Crippen molar-refractivity contribution in [2.24, 2.45) is 5.73 Å². The summed E-state index contributed by atoms with van der Waals surface area (Å²) in [6.45, 7) is 5.87. The Kier molecular flexibility index (Phi) is 3.64. The number of aromatic nitrogens is 1. The van der Waals surface area contributed by atoms with Crippen molar-refractivity contribution >= 4 is 10.9 Å². The lowest BCUT2D eigenvalue weighted by atomic mass is 10.0. The Balaban J connectivity index is 2.22. The Morgan fingerprint density at radius 2 is 2.06 bits per heavy atom. The first-order valence-corrected chi connectivity index (χ1v) is 6.28. The molecule has 0 saturated heterocycles. The van der Waals surface area contributed by atoms with Gasteiger partial charge in [-0.2, -0.15) is 0 Å². The number of nitrogens with zero attached hydrogens (tertiary/aromatic N) is 2. The topological polar surface area (TPSA) is 42.2 Å². The van der Waals surface area contributed by atoms with E-state index in [1.807, 2.05) is 12.3 Å². The molecule has 0 amide bonds. The molecule has 0 fully saturated rings. The van der Waals surface area contributed by atoms with Crippen LogP contribution in [0.4, 0.5) is 0 Å². The second-order valence-electron chi connectivity index (χ2n) is 5.40. The molecule has 0 bridgehead atoms. The summed E-state index contributed by atoms with van der Waals surface area (Å²) in [7, 11) is 2.11. The molecule has 2 aromatic rings. The zero-order chi connectivity index (χ0) is 13.2. The lowest BCUT2D eigenvalue weighted by molar-refractivity contribution is 0.156. The molecular formula is C15H21N3. The van der Waals surface area contributed by atoms with Gasteiger partial charge < -0.3 is 5.73 Å². The summed E-state index contributed by atoms with van der Waals surface area (Å²) in [6, 6.07) is 10.5. The summed E-state index contributed by atoms with van der Waals surface area (Å²) in [5, 5.41) is 1.19. The number of hydrogen-bond donors (Lipinski definition) is 1. The van der Waals surface area contributed by atoms with E-state index in [0.29, 0.717) is 6.54 Å². The molecule has 0 aliphatic rings. The first-order chi connectivity index (χ1) is 8.53. The van der Waals surface area contributed by atoms with E-state index in [1.54, 1.807) is 0 Å². The summed E-state index contributed by atoms with van der Waals surface area (Å²) in [6.07, 6.45) is 1.83. The minimum absolute atomic E-state index is 0.0178. The largest absolute Gasteiger partial charge is 0.329 e. The van der Waals surface area contributed by atoms with Crippen LogP contribution in [0.3, 0.4) is 0 Å². The van der Waals surface area contributed by atoms with Gasteiger partial charge in [-0.05, 0) is 44.7 Å². The highest BCUT2D eigenvalue weighted by Gasteiger charge is 2.21. The first kappa shape index (κ1) is 13.0. The van der Waals surface area contributed by atoms with Crippen LogP contribution in [0.25, 0.3) is 10.9 Å². The number of hydrogen-bond acceptors (Lipinski definition) is 3. The van der Waals surface area contributed by atoms with Gasteiger partial charge in [-0.1, -0.05) is 12.1 Å². The molecule has 0 radical (unpaired) electrons. The normalized spacial score (nSPS) is 12.3. The van der Waals surface area contributed by atoms with Crippen molar-refractivity contribution in [1.29, 1.82) is 0 Å². The molecule has 0 saturated carbocycles. The zero-order valence-corrected chi connectivity index (χ0v) is 11.4. The molecule has 2 N–H and O–H groups in total. The van der Waals surface area contributed by atoms with E-state index in [4.69, 9.17) is 5.73 Å². The van der Waals surface area contributed by atoms with Crippen molar-refractivity contribution in [3.05, 3.63) is 42.1 Å². The van der Waals surface area contributed by atoms with Crippen molar-refractivity contribution in [3.63, 3.8) is 0 Å². The highest BCUT2D eigenvalue weighted by Crippen LogP contribution is 2.18. The Labute approximate surface area is 109 Å². The third-order valence-electron chi connectivity index (χ3n) is 3.62. The molecule has 0 spiro atoms. The maximum Gasteiger partial charge on any atom is 0.0702 e. The minimum atomic E-state index is 0.0178. The van der Waals surface area contributed by atoms with E-state index in [1.165, 1.54) is 10.9 Å². The van der Waals surface area contributed by atoms with Crippen molar-refractivity contribution in [3.8, 4) is 0 Å². The van der Waals surface area contributed by atoms with Gasteiger partial charge in [0.05, 0.1) is 5.52 Å². The molecule has 1 heterocycles. The molecule has 0 atom stereocenters. The van der Waals surface area contributed by atoms with Crippen LogP contribution < -0.4 is 5.73 Å². The number of likely N-dealkylation sites (N-methyl/N-ethyl adjacent to an activating group) is 1. The number of benzene rings is 1. The van der Waals surface area contributed by atoms with E-state index < -0.39 is 0 Å². The van der Waals surface area contributed by atoms with Crippen LogP contribution in [0.1, 0.15) is 19.4 Å². The van der Waals surface area contributed by atoms with Crippen LogP contribution in [-0.2, 0) is 6.54 Å². The molecule has 3 heteroatoms. The van der Waals surface area contributed by atoms with Crippen LogP contribution in [-0.4, -0.2) is 29.0 Å². The van der Waals surface area contributed by atoms with Crippen LogP contribution in [0, 0.1) is 0 Å². The predicted octanol–water partition coefficient (Wildman–Crippen LogP) is 2.40. The SMILES string of the molecule is CN(Cc1ccc2ncccc2c1)C(C)(C)CN. The third kappa shape index (κ3) is 2.68. The van der Waals surface area contributed by atoms with E-state index in [0.717, 1.165) is 12.1 Å². The second-order valence-corrected chi connectivity index (χ2v) is 5.40. The quantitative estimate of drug-likeness (QED) is 0.896. The van der Waals surface area contributed by atoms with Gasteiger partial charge in [-0.3, -0.25) is 9.88 Å². The molecule has 3 nitrogen and oxygen atoms in total. The summed E-state index contributed by atoms with van der Waals surface area (Å²) in [4.78, 5) is 6.62. The fraction of sp³-hybridized carbons (Fsp3) is 0.400. The molecule has 0 aliphatic carbocycles. The highest BCUT2D eigenvalue weighted by molar-refractivity contribution is 5.78. The van der Waals surface area contributed by atoms with Crippen molar-refractivity contribution in [2.45, 2.75) is 25.9 Å². The van der Waals surface area contributed by atoms with Gasteiger partial charge in [0.15, 0.2) is 0 Å². The van der Waals surface area contributed by atoms with Gasteiger partial charge >= 0.3 is 0 Å². The van der Waals surface area contributed by atoms with Crippen molar-refractivity contribution < 1.29 is 0 Å². The Morgan fingerprint density at radius 3 is 2.78 bits per heavy atom. The molecule has 2 rings (SSSR count). The van der Waals surface area contributed by atoms with E-state index in [9.17, 15) is 0 Å². The van der Waals surface area contributed by atoms with Crippen molar-refractivity contribution in [2.75, 3.05) is 13.6 Å². The number of fused-ring (bicyclic) bond motifs is 1. The van der Waals surface area contributed by atoms with Crippen LogP contribution in [0.15, 0.2) is 36.5 Å². The van der Waals surface area contributed by atoms with Crippen molar-refractivity contribution in [1.82, 2.24) is 9.88 Å². The first-order valence-electron chi connectivity index (χ1n) is 6.28. The standard InChI is InChI=1S/C15H21N3/c1-15(2,11-16)18(3)10-12-6-7-14-13(9-12)5-4-8-17-14/h4-9H,10-11,16H2,1-3H3. The molecule has 18 heavy (non-hydrogen) atoms. The number of rotatable bonds is 4. The summed E-state index contributed by atoms with van der Waals surface area (Å²) < 4.78 is 0. The van der Waals surface area contributed by atoms with Gasteiger partial charge in [-0.25, -0.2) is 0 Å². The van der Waals surface area contributed by atoms with E-state index in [2.05, 4.69) is 55.0 Å². The maximum absolute atomic E-state index is 5.80. The average Bonchev–Trinajstić information content (AvgIpc) is 2.38. The molecular weight excluding hydrogens is 222 g/mol. The van der Waals surface area contributed by atoms with Crippen LogP contribution in [0.2, 0.25) is 0 Å². The summed E-state index contributed by atoms with van der Waals surface area (Å²) >= 11 is 0. The van der Waals surface area contributed by atoms with Gasteiger partial charge in [0, 0.05) is 30.2 Å². The monoisotopic (exact) mass is 243 g/mol. The summed E-state index contributed by atoms with van der Waals surface area (Å²) in [5.41, 5.74) is 8.15. The average molecular weight is 243 g/mol. The predicted molar refractivity (Wildman–Crippen MR) is 76.3 cm³/mol. The molecule has 1 aromatic heterocycles. The number of pyridine rings is 1. The van der Waals surface area contributed by atoms with E-state index in [-0.39, 0.29) is 5.54 Å². The smallest absolute Gasteiger partial charge is 0.0702 e. The Morgan fingerprint density at radius 1 is 1.28 bits per heavy atom. The fourth-order valence-corrected chi connectivity index (χ4v) is 1.87. The molecule has 1 aromatic carbocycles. The second kappa shape index (κ2) is 5.04. The molecule has 0 unspecified atom stereocenters. The lowest BCUT2D eigenvalue weighted by Gasteiger charge is -2.34. The third-order valence-corrected chi connectivity index (χ3v) is 3.62. The Hall–Kier alpha value is -1.45. The Bertz CT molecular complexity index is 534. The highest BCUT2D eigenvalue weighted by atomic mass is 15.2. The van der Waals surface area contributed by atoms with Crippen LogP contribution in [0.5, 0.6) is 0 Å². The zero-order valence-electron chi connectivity index (χ0n) is 11.4. The van der Waals surface area contributed by atoms with E-state index >= 15 is 0 Å². The number of nitrogens with two attached hydrogens (primary N) is 1. The summed E-state index contributed by atoms with van der Waals surface area (Å²) in [5.74, 6) is 0. The van der Waals surface area contributed by atoms with Gasteiger partial charge in [0.2, 0.25) is 0 Å². The lowest BCUT2D eigenvalue weighted by Crippen LogP contribution is -2.46. The van der Waals surface area contributed by atoms with Gasteiger partial charge in [0.25, 0.3) is 0 Å². The maximum atomic E-state index is 5.80.